The number of benzene rings is 3. The number of methoxy groups -OCH3 is 1. The highest BCUT2D eigenvalue weighted by Crippen LogP contribution is 2.30. The van der Waals surface area contributed by atoms with Crippen LogP contribution in [0.25, 0.3) is 10.9 Å². The number of carbonyl (C=O) groups is 1. The molecule has 0 saturated carbocycles. The molecule has 4 aromatic rings. The summed E-state index contributed by atoms with van der Waals surface area (Å²) in [5.74, 6) is 0.525. The van der Waals surface area contributed by atoms with Crippen molar-refractivity contribution in [3.63, 3.8) is 0 Å². The number of ketones is 1. The van der Waals surface area contributed by atoms with E-state index in [4.69, 9.17) is 4.74 Å². The number of hydrogen-bond acceptors (Lipinski definition) is 2. The summed E-state index contributed by atoms with van der Waals surface area (Å²) in [5, 5.41) is 0.948. The van der Waals surface area contributed by atoms with E-state index in [1.807, 2.05) is 60.8 Å². The number of halogens is 1. The first-order valence-corrected chi connectivity index (χ1v) is 9.46. The monoisotopic (exact) mass is 419 g/mol. The Morgan fingerprint density at radius 1 is 0.963 bits per heavy atom. The predicted octanol–water partition coefficient (Wildman–Crippen LogP) is 5.69. The molecule has 0 atom stereocenters. The third kappa shape index (κ3) is 3.40. The van der Waals surface area contributed by atoms with Crippen LogP contribution in [0.2, 0.25) is 0 Å². The smallest absolute Gasteiger partial charge is 0.198 e. The maximum Gasteiger partial charge on any atom is 0.198 e. The average molecular weight is 420 g/mol. The lowest BCUT2D eigenvalue weighted by atomic mass is 10.0. The molecule has 27 heavy (non-hydrogen) atoms. The van der Waals surface area contributed by atoms with Crippen molar-refractivity contribution in [2.45, 2.75) is 6.54 Å². The SMILES string of the molecule is COc1cc(Br)ccc1C(=O)c1cn(Cc2ccccc2)c2ccccc12. The summed E-state index contributed by atoms with van der Waals surface area (Å²) < 4.78 is 8.43. The minimum absolute atomic E-state index is 0.0395. The topological polar surface area (TPSA) is 31.2 Å². The second kappa shape index (κ2) is 7.41. The maximum atomic E-state index is 13.3. The lowest BCUT2D eigenvalue weighted by Crippen LogP contribution is -2.04. The summed E-state index contributed by atoms with van der Waals surface area (Å²) >= 11 is 3.43. The molecule has 3 aromatic carbocycles. The van der Waals surface area contributed by atoms with Crippen LogP contribution in [0.1, 0.15) is 21.5 Å². The number of rotatable bonds is 5. The molecular weight excluding hydrogens is 402 g/mol. The highest BCUT2D eigenvalue weighted by atomic mass is 79.9. The molecule has 1 aromatic heterocycles. The van der Waals surface area contributed by atoms with E-state index in [2.05, 4.69) is 32.6 Å². The molecule has 0 aliphatic carbocycles. The number of nitrogens with zero attached hydrogens (tertiary/aromatic N) is 1. The molecule has 0 radical (unpaired) electrons. The molecule has 0 aliphatic heterocycles. The Hall–Kier alpha value is -2.85. The van der Waals surface area contributed by atoms with Gasteiger partial charge in [0.05, 0.1) is 12.7 Å². The number of hydrogen-bond donors (Lipinski definition) is 0. The van der Waals surface area contributed by atoms with Gasteiger partial charge in [-0.2, -0.15) is 0 Å². The molecule has 4 heteroatoms. The highest BCUT2D eigenvalue weighted by molar-refractivity contribution is 9.10. The van der Waals surface area contributed by atoms with Crippen molar-refractivity contribution in [1.82, 2.24) is 4.57 Å². The molecule has 1 heterocycles. The molecule has 0 unspecified atom stereocenters. The van der Waals surface area contributed by atoms with Crippen LogP contribution in [-0.2, 0) is 6.54 Å². The minimum atomic E-state index is -0.0395. The number of fused-ring (bicyclic) bond motifs is 1. The number of aromatic nitrogens is 1. The fraction of sp³-hybridized carbons (Fsp3) is 0.0870. The van der Waals surface area contributed by atoms with Crippen LogP contribution in [0.3, 0.4) is 0 Å². The fourth-order valence-electron chi connectivity index (χ4n) is 3.34. The Bertz CT molecular complexity index is 1120. The highest BCUT2D eigenvalue weighted by Gasteiger charge is 2.20. The van der Waals surface area contributed by atoms with Gasteiger partial charge in [-0.1, -0.05) is 64.5 Å². The summed E-state index contributed by atoms with van der Waals surface area (Å²) in [6, 6.07) is 23.7. The zero-order valence-corrected chi connectivity index (χ0v) is 16.4. The molecule has 0 N–H and O–H groups in total. The van der Waals surface area contributed by atoms with Gasteiger partial charge in [0.25, 0.3) is 0 Å². The Balaban J connectivity index is 1.82. The van der Waals surface area contributed by atoms with Crippen molar-refractivity contribution in [1.29, 1.82) is 0 Å². The standard InChI is InChI=1S/C23H18BrNO2/c1-27-22-13-17(24)11-12-19(22)23(26)20-15-25(14-16-7-3-2-4-8-16)21-10-6-5-9-18(20)21/h2-13,15H,14H2,1H3. The van der Waals surface area contributed by atoms with Crippen LogP contribution >= 0.6 is 15.9 Å². The van der Waals surface area contributed by atoms with Gasteiger partial charge < -0.3 is 9.30 Å². The van der Waals surface area contributed by atoms with Gasteiger partial charge in [0.1, 0.15) is 5.75 Å². The predicted molar refractivity (Wildman–Crippen MR) is 112 cm³/mol. The Morgan fingerprint density at radius 3 is 2.48 bits per heavy atom. The van der Waals surface area contributed by atoms with E-state index in [0.29, 0.717) is 23.4 Å². The van der Waals surface area contributed by atoms with Crippen LogP contribution in [0.4, 0.5) is 0 Å². The molecule has 3 nitrogen and oxygen atoms in total. The maximum absolute atomic E-state index is 13.3. The average Bonchev–Trinajstić information content (AvgIpc) is 3.07. The first-order valence-electron chi connectivity index (χ1n) is 8.67. The van der Waals surface area contributed by atoms with Crippen LogP contribution in [0, 0.1) is 0 Å². The van der Waals surface area contributed by atoms with E-state index in [1.54, 1.807) is 13.2 Å². The number of ether oxygens (including phenoxy) is 1. The Labute approximate surface area is 166 Å². The zero-order chi connectivity index (χ0) is 18.8. The van der Waals surface area contributed by atoms with E-state index in [-0.39, 0.29) is 5.78 Å². The van der Waals surface area contributed by atoms with Gasteiger partial charge in [-0.15, -0.1) is 0 Å². The zero-order valence-electron chi connectivity index (χ0n) is 14.9. The van der Waals surface area contributed by atoms with Gasteiger partial charge in [0.2, 0.25) is 0 Å². The van der Waals surface area contributed by atoms with E-state index in [9.17, 15) is 4.79 Å². The third-order valence-electron chi connectivity index (χ3n) is 4.64. The van der Waals surface area contributed by atoms with Crippen molar-refractivity contribution in [2.75, 3.05) is 7.11 Å². The van der Waals surface area contributed by atoms with Gasteiger partial charge in [-0.05, 0) is 29.8 Å². The Kier molecular flexibility index (Phi) is 4.82. The van der Waals surface area contributed by atoms with Crippen LogP contribution in [-0.4, -0.2) is 17.5 Å². The Morgan fingerprint density at radius 2 is 1.70 bits per heavy atom. The lowest BCUT2D eigenvalue weighted by molar-refractivity contribution is 0.103. The largest absolute Gasteiger partial charge is 0.496 e. The summed E-state index contributed by atoms with van der Waals surface area (Å²) in [6.45, 7) is 0.714. The molecule has 0 bridgehead atoms. The third-order valence-corrected chi connectivity index (χ3v) is 5.13. The van der Waals surface area contributed by atoms with Crippen LogP contribution in [0.5, 0.6) is 5.75 Å². The van der Waals surface area contributed by atoms with Crippen LogP contribution < -0.4 is 4.74 Å². The molecule has 0 spiro atoms. The van der Waals surface area contributed by atoms with E-state index in [1.165, 1.54) is 5.56 Å². The summed E-state index contributed by atoms with van der Waals surface area (Å²) in [4.78, 5) is 13.3. The van der Waals surface area contributed by atoms with Crippen molar-refractivity contribution in [2.24, 2.45) is 0 Å². The normalized spacial score (nSPS) is 10.9. The second-order valence-electron chi connectivity index (χ2n) is 6.35. The number of para-hydroxylation sites is 1. The summed E-state index contributed by atoms with van der Waals surface area (Å²) in [6.07, 6.45) is 1.95. The molecule has 0 amide bonds. The van der Waals surface area contributed by atoms with Gasteiger partial charge in [0.15, 0.2) is 5.78 Å². The van der Waals surface area contributed by atoms with Gasteiger partial charge in [0, 0.05) is 33.7 Å². The molecular formula is C23H18BrNO2. The molecule has 0 fully saturated rings. The van der Waals surface area contributed by atoms with Crippen molar-refractivity contribution in [3.05, 3.63) is 100 Å². The summed E-state index contributed by atoms with van der Waals surface area (Å²) in [5.41, 5.74) is 3.48. The van der Waals surface area contributed by atoms with Crippen molar-refractivity contribution >= 4 is 32.6 Å². The van der Waals surface area contributed by atoms with Gasteiger partial charge in [-0.3, -0.25) is 4.79 Å². The molecule has 134 valence electrons. The fourth-order valence-corrected chi connectivity index (χ4v) is 3.68. The van der Waals surface area contributed by atoms with Gasteiger partial charge >= 0.3 is 0 Å². The van der Waals surface area contributed by atoms with E-state index >= 15 is 0 Å². The van der Waals surface area contributed by atoms with Crippen LogP contribution in [0.15, 0.2) is 83.5 Å². The second-order valence-corrected chi connectivity index (χ2v) is 7.26. The number of carbonyl (C=O) groups excluding carboxylic acids is 1. The van der Waals surface area contributed by atoms with E-state index in [0.717, 1.165) is 15.4 Å². The molecule has 4 rings (SSSR count). The quantitative estimate of drug-likeness (QED) is 0.389. The minimum Gasteiger partial charge on any atom is -0.496 e. The van der Waals surface area contributed by atoms with E-state index < -0.39 is 0 Å². The van der Waals surface area contributed by atoms with Gasteiger partial charge in [-0.25, -0.2) is 0 Å². The van der Waals surface area contributed by atoms with Crippen molar-refractivity contribution in [3.8, 4) is 5.75 Å². The molecule has 0 aliphatic rings. The first-order chi connectivity index (χ1) is 13.2. The van der Waals surface area contributed by atoms with Crippen molar-refractivity contribution < 1.29 is 9.53 Å². The first kappa shape index (κ1) is 17.6. The lowest BCUT2D eigenvalue weighted by Gasteiger charge is -2.07. The molecule has 0 saturated heterocycles. The summed E-state index contributed by atoms with van der Waals surface area (Å²) in [7, 11) is 1.58.